The first-order valence-electron chi connectivity index (χ1n) is 35.1. The summed E-state index contributed by atoms with van der Waals surface area (Å²) in [5.41, 5.74) is 0. The molecule has 0 radical (unpaired) electrons. The Labute approximate surface area is 509 Å². The SMILES string of the molecule is CCCCC/C=C\C/C=C\C/C=C\CCCCCCCCCCCC(O)C(=O)NC(COC1OC(CO)C(O)C(O)C1OC(=O)CCCCCCCCCCC/C=C/CCCCCCCC)C(O)/C=C/CCCCCCCCCCCCC. The molecule has 11 nitrogen and oxygen atoms in total. The van der Waals surface area contributed by atoms with Gasteiger partial charge in [0.15, 0.2) is 12.4 Å². The van der Waals surface area contributed by atoms with Gasteiger partial charge in [-0.25, -0.2) is 0 Å². The number of ether oxygens (including phenoxy) is 3. The fourth-order valence-corrected chi connectivity index (χ4v) is 10.8. The number of hydrogen-bond donors (Lipinski definition) is 6. The summed E-state index contributed by atoms with van der Waals surface area (Å²) in [6.45, 7) is 5.79. The summed E-state index contributed by atoms with van der Waals surface area (Å²) in [7, 11) is 0. The molecule has 0 saturated carbocycles. The molecule has 0 aromatic carbocycles. The molecule has 11 heteroatoms. The number of unbranched alkanes of at least 4 members (excludes halogenated alkanes) is 38. The molecule has 1 aliphatic rings. The lowest BCUT2D eigenvalue weighted by Gasteiger charge is -2.41. The minimum Gasteiger partial charge on any atom is -0.454 e. The Kier molecular flexibility index (Phi) is 56.4. The lowest BCUT2D eigenvalue weighted by atomic mass is 9.99. The van der Waals surface area contributed by atoms with E-state index in [2.05, 4.69) is 74.7 Å². The van der Waals surface area contributed by atoms with Crippen LogP contribution >= 0.6 is 0 Å². The monoisotopic (exact) mass is 1170 g/mol. The zero-order valence-corrected chi connectivity index (χ0v) is 53.8. The van der Waals surface area contributed by atoms with Crippen LogP contribution in [0.3, 0.4) is 0 Å². The molecular formula is C72H131NO10. The van der Waals surface area contributed by atoms with Gasteiger partial charge in [0.1, 0.15) is 24.4 Å². The van der Waals surface area contributed by atoms with Gasteiger partial charge in [-0.2, -0.15) is 0 Å². The van der Waals surface area contributed by atoms with Crippen molar-refractivity contribution in [3.8, 4) is 0 Å². The molecule has 0 aromatic rings. The largest absolute Gasteiger partial charge is 0.454 e. The number of amides is 1. The number of rotatable bonds is 60. The quantitative estimate of drug-likeness (QED) is 0.0195. The highest BCUT2D eigenvalue weighted by Crippen LogP contribution is 2.26. The third-order valence-corrected chi connectivity index (χ3v) is 16.4. The first-order valence-corrected chi connectivity index (χ1v) is 35.1. The number of nitrogens with one attached hydrogen (secondary N) is 1. The molecule has 1 amide bonds. The van der Waals surface area contributed by atoms with E-state index in [-0.39, 0.29) is 19.4 Å². The van der Waals surface area contributed by atoms with Gasteiger partial charge in [0.25, 0.3) is 0 Å². The van der Waals surface area contributed by atoms with Crippen LogP contribution in [-0.2, 0) is 23.8 Å². The Morgan fingerprint density at radius 3 is 1.28 bits per heavy atom. The van der Waals surface area contributed by atoms with Gasteiger partial charge in [-0.3, -0.25) is 9.59 Å². The van der Waals surface area contributed by atoms with E-state index in [4.69, 9.17) is 14.2 Å². The number of aliphatic hydroxyl groups excluding tert-OH is 5. The summed E-state index contributed by atoms with van der Waals surface area (Å²) in [6.07, 6.45) is 65.3. The smallest absolute Gasteiger partial charge is 0.306 e. The second-order valence-corrected chi connectivity index (χ2v) is 24.3. The van der Waals surface area contributed by atoms with Crippen molar-refractivity contribution < 1.29 is 49.3 Å². The minimum atomic E-state index is -1.62. The third-order valence-electron chi connectivity index (χ3n) is 16.4. The first-order chi connectivity index (χ1) is 40.7. The molecule has 83 heavy (non-hydrogen) atoms. The third kappa shape index (κ3) is 47.2. The molecule has 1 aliphatic heterocycles. The van der Waals surface area contributed by atoms with E-state index in [1.165, 1.54) is 199 Å². The predicted octanol–water partition coefficient (Wildman–Crippen LogP) is 17.7. The molecule has 1 rings (SSSR count). The zero-order valence-electron chi connectivity index (χ0n) is 53.8. The van der Waals surface area contributed by atoms with Gasteiger partial charge in [-0.15, -0.1) is 0 Å². The molecule has 6 N–H and O–H groups in total. The van der Waals surface area contributed by atoms with Crippen LogP contribution in [0.5, 0.6) is 0 Å². The van der Waals surface area contributed by atoms with Crippen molar-refractivity contribution >= 4 is 11.9 Å². The lowest BCUT2D eigenvalue weighted by molar-refractivity contribution is -0.305. The molecule has 0 aliphatic carbocycles. The number of esters is 1. The van der Waals surface area contributed by atoms with Crippen molar-refractivity contribution in [2.45, 2.75) is 372 Å². The van der Waals surface area contributed by atoms with Gasteiger partial charge >= 0.3 is 5.97 Å². The van der Waals surface area contributed by atoms with Crippen molar-refractivity contribution in [3.63, 3.8) is 0 Å². The summed E-state index contributed by atoms with van der Waals surface area (Å²) in [5, 5.41) is 57.2. The Bertz CT molecular complexity index is 1580. The predicted molar refractivity (Wildman–Crippen MR) is 347 cm³/mol. The molecule has 8 atom stereocenters. The molecule has 484 valence electrons. The van der Waals surface area contributed by atoms with Gasteiger partial charge in [0.2, 0.25) is 5.91 Å². The normalized spacial score (nSPS) is 18.9. The molecule has 0 spiro atoms. The Morgan fingerprint density at radius 1 is 0.470 bits per heavy atom. The second kappa shape index (κ2) is 59.7. The van der Waals surface area contributed by atoms with E-state index in [9.17, 15) is 35.1 Å². The number of carbonyl (C=O) groups excluding carboxylic acids is 2. The van der Waals surface area contributed by atoms with Crippen molar-refractivity contribution in [3.05, 3.63) is 60.8 Å². The van der Waals surface area contributed by atoms with Gasteiger partial charge in [0, 0.05) is 6.42 Å². The number of hydrogen-bond acceptors (Lipinski definition) is 10. The van der Waals surface area contributed by atoms with Gasteiger partial charge in [0.05, 0.1) is 25.4 Å². The van der Waals surface area contributed by atoms with Gasteiger partial charge in [-0.05, 0) is 89.9 Å². The molecule has 1 saturated heterocycles. The van der Waals surface area contributed by atoms with Gasteiger partial charge in [-0.1, -0.05) is 287 Å². The maximum Gasteiger partial charge on any atom is 0.306 e. The van der Waals surface area contributed by atoms with Crippen molar-refractivity contribution in [1.29, 1.82) is 0 Å². The fourth-order valence-electron chi connectivity index (χ4n) is 10.8. The highest BCUT2D eigenvalue weighted by atomic mass is 16.7. The van der Waals surface area contributed by atoms with Crippen LogP contribution in [0.1, 0.15) is 323 Å². The topological polar surface area (TPSA) is 175 Å². The average molecular weight is 1170 g/mol. The minimum absolute atomic E-state index is 0.121. The second-order valence-electron chi connectivity index (χ2n) is 24.3. The van der Waals surface area contributed by atoms with Crippen LogP contribution in [0.25, 0.3) is 0 Å². The standard InChI is InChI=1S/C72H131NO10/c1-4-7-10-13-16-19-22-25-27-29-31-32-33-35-36-38-41-44-47-50-53-56-59-65(76)71(80)73-63(64(75)58-55-52-49-46-43-40-24-21-18-15-12-9-6-3)62-81-72-70(69(79)68(78)66(61-74)82-72)83-67(77)60-57-54-51-48-45-42-39-37-34-30-28-26-23-20-17-14-11-8-5-2/h16,19,25-28,31-32,55,58,63-66,68-70,72,74-76,78-79H,4-15,17-18,20-24,29-30,33-54,56-57,59-62H2,1-3H3,(H,73,80)/b19-16-,27-25-,28-26+,32-31-,58-55+. The number of aliphatic hydroxyl groups is 5. The van der Waals surface area contributed by atoms with E-state index in [0.717, 1.165) is 77.0 Å². The van der Waals surface area contributed by atoms with E-state index in [1.54, 1.807) is 6.08 Å². The maximum atomic E-state index is 13.5. The van der Waals surface area contributed by atoms with E-state index < -0.39 is 67.4 Å². The van der Waals surface area contributed by atoms with E-state index in [0.29, 0.717) is 12.8 Å². The summed E-state index contributed by atoms with van der Waals surface area (Å²) in [5.74, 6) is -1.19. The number of carbonyl (C=O) groups is 2. The van der Waals surface area contributed by atoms with Crippen LogP contribution in [0.2, 0.25) is 0 Å². The fraction of sp³-hybridized carbons (Fsp3) is 0.833. The van der Waals surface area contributed by atoms with Crippen molar-refractivity contribution in [2.75, 3.05) is 13.2 Å². The Morgan fingerprint density at radius 2 is 0.831 bits per heavy atom. The first kappa shape index (κ1) is 78.4. The summed E-state index contributed by atoms with van der Waals surface area (Å²) >= 11 is 0. The molecular weight excluding hydrogens is 1040 g/mol. The molecule has 0 bridgehead atoms. The van der Waals surface area contributed by atoms with E-state index >= 15 is 0 Å². The number of allylic oxidation sites excluding steroid dienone is 9. The average Bonchev–Trinajstić information content (AvgIpc) is 3.54. The zero-order chi connectivity index (χ0) is 60.3. The highest BCUT2D eigenvalue weighted by Gasteiger charge is 2.47. The van der Waals surface area contributed by atoms with Crippen LogP contribution in [0.15, 0.2) is 60.8 Å². The van der Waals surface area contributed by atoms with E-state index in [1.807, 2.05) is 6.08 Å². The van der Waals surface area contributed by atoms with Crippen LogP contribution in [-0.4, -0.2) is 99.6 Å². The van der Waals surface area contributed by atoms with Crippen LogP contribution in [0, 0.1) is 0 Å². The summed E-state index contributed by atoms with van der Waals surface area (Å²) in [6, 6.07) is -1.03. The summed E-state index contributed by atoms with van der Waals surface area (Å²) in [4.78, 5) is 26.7. The Balaban J connectivity index is 2.62. The molecule has 0 aromatic heterocycles. The molecule has 1 heterocycles. The maximum absolute atomic E-state index is 13.5. The lowest BCUT2D eigenvalue weighted by Crippen LogP contribution is -2.61. The molecule has 8 unspecified atom stereocenters. The van der Waals surface area contributed by atoms with Crippen LogP contribution < -0.4 is 5.32 Å². The highest BCUT2D eigenvalue weighted by molar-refractivity contribution is 5.80. The van der Waals surface area contributed by atoms with Crippen LogP contribution in [0.4, 0.5) is 0 Å². The van der Waals surface area contributed by atoms with Gasteiger partial charge < -0.3 is 45.1 Å². The Hall–Kier alpha value is -2.64. The molecule has 1 fully saturated rings. The van der Waals surface area contributed by atoms with Crippen molar-refractivity contribution in [1.82, 2.24) is 5.32 Å². The summed E-state index contributed by atoms with van der Waals surface area (Å²) < 4.78 is 17.7. The van der Waals surface area contributed by atoms with Crippen molar-refractivity contribution in [2.24, 2.45) is 0 Å².